The van der Waals surface area contributed by atoms with Crippen molar-refractivity contribution >= 4 is 17.5 Å². The van der Waals surface area contributed by atoms with E-state index in [4.69, 9.17) is 21.9 Å². The molecule has 1 heterocycles. The second-order valence-corrected chi connectivity index (χ2v) is 6.36. The molecule has 1 aromatic carbocycles. The van der Waals surface area contributed by atoms with Crippen molar-refractivity contribution in [2.75, 3.05) is 6.54 Å². The summed E-state index contributed by atoms with van der Waals surface area (Å²) in [7, 11) is 0. The molecule has 2 unspecified atom stereocenters. The maximum absolute atomic E-state index is 12.8. The number of aromatic nitrogens is 1. The van der Waals surface area contributed by atoms with Crippen LogP contribution in [-0.4, -0.2) is 23.7 Å². The molecule has 0 radical (unpaired) electrons. The molecule has 0 spiro atoms. The van der Waals surface area contributed by atoms with Gasteiger partial charge in [-0.1, -0.05) is 41.4 Å². The summed E-state index contributed by atoms with van der Waals surface area (Å²) < 4.78 is 5.25. The minimum Gasteiger partial charge on any atom is -0.360 e. The van der Waals surface area contributed by atoms with Gasteiger partial charge in [0.15, 0.2) is 0 Å². The molecule has 0 aliphatic heterocycles. The first-order chi connectivity index (χ1) is 11.1. The Balaban J connectivity index is 1.90. The number of amides is 1. The predicted octanol–water partition coefficient (Wildman–Crippen LogP) is 3.16. The van der Waals surface area contributed by atoms with Crippen molar-refractivity contribution in [3.05, 3.63) is 40.6 Å². The van der Waals surface area contributed by atoms with E-state index in [1.54, 1.807) is 13.0 Å². The molecule has 1 amide bonds. The standard InChI is InChI=1S/C17H20ClN3O2/c1-10-15(17(22)20-14-8-4-5-11(14)9-19)16(21-23-10)12-6-2-3-7-13(12)18/h2-3,6-7,11,14H,4-5,8-9,19H2,1H3,(H,20,22). The number of nitrogens with one attached hydrogen (secondary N) is 1. The van der Waals surface area contributed by atoms with E-state index in [9.17, 15) is 4.79 Å². The van der Waals surface area contributed by atoms with Gasteiger partial charge in [-0.15, -0.1) is 0 Å². The minimum atomic E-state index is -0.177. The molecule has 0 saturated heterocycles. The van der Waals surface area contributed by atoms with E-state index in [2.05, 4.69) is 10.5 Å². The van der Waals surface area contributed by atoms with Gasteiger partial charge in [-0.2, -0.15) is 0 Å². The van der Waals surface area contributed by atoms with E-state index < -0.39 is 0 Å². The van der Waals surface area contributed by atoms with E-state index in [1.807, 2.05) is 18.2 Å². The zero-order chi connectivity index (χ0) is 16.4. The van der Waals surface area contributed by atoms with Gasteiger partial charge in [0.1, 0.15) is 17.0 Å². The molecular formula is C17H20ClN3O2. The van der Waals surface area contributed by atoms with Crippen LogP contribution in [-0.2, 0) is 0 Å². The van der Waals surface area contributed by atoms with Crippen LogP contribution in [0.2, 0.25) is 5.02 Å². The number of halogens is 1. The molecule has 2 aromatic rings. The van der Waals surface area contributed by atoms with Crippen LogP contribution in [0.1, 0.15) is 35.4 Å². The lowest BCUT2D eigenvalue weighted by molar-refractivity contribution is 0.0928. The predicted molar refractivity (Wildman–Crippen MR) is 89.3 cm³/mol. The van der Waals surface area contributed by atoms with Gasteiger partial charge in [-0.25, -0.2) is 0 Å². The number of benzene rings is 1. The molecule has 0 bridgehead atoms. The summed E-state index contributed by atoms with van der Waals surface area (Å²) in [5, 5.41) is 7.66. The third-order valence-electron chi connectivity index (χ3n) is 4.50. The van der Waals surface area contributed by atoms with Gasteiger partial charge in [-0.05, 0) is 38.3 Å². The van der Waals surface area contributed by atoms with Gasteiger partial charge >= 0.3 is 0 Å². The summed E-state index contributed by atoms with van der Waals surface area (Å²) in [6.07, 6.45) is 3.10. The van der Waals surface area contributed by atoms with E-state index in [0.29, 0.717) is 40.1 Å². The van der Waals surface area contributed by atoms with E-state index in [0.717, 1.165) is 19.3 Å². The van der Waals surface area contributed by atoms with Crippen molar-refractivity contribution in [3.8, 4) is 11.3 Å². The second-order valence-electron chi connectivity index (χ2n) is 5.95. The summed E-state index contributed by atoms with van der Waals surface area (Å²) in [6.45, 7) is 2.32. The number of rotatable bonds is 4. The molecule has 1 aliphatic rings. The van der Waals surface area contributed by atoms with E-state index in [1.165, 1.54) is 0 Å². The SMILES string of the molecule is Cc1onc(-c2ccccc2Cl)c1C(=O)NC1CCCC1CN. The van der Waals surface area contributed by atoms with Crippen LogP contribution < -0.4 is 11.1 Å². The van der Waals surface area contributed by atoms with Crippen LogP contribution in [0.5, 0.6) is 0 Å². The fourth-order valence-corrected chi connectivity index (χ4v) is 3.45. The quantitative estimate of drug-likeness (QED) is 0.900. The number of nitrogens with zero attached hydrogens (tertiary/aromatic N) is 1. The maximum Gasteiger partial charge on any atom is 0.257 e. The van der Waals surface area contributed by atoms with Crippen LogP contribution >= 0.6 is 11.6 Å². The first kappa shape index (κ1) is 16.0. The molecular weight excluding hydrogens is 314 g/mol. The van der Waals surface area contributed by atoms with Crippen molar-refractivity contribution in [2.24, 2.45) is 11.7 Å². The smallest absolute Gasteiger partial charge is 0.257 e. The highest BCUT2D eigenvalue weighted by Gasteiger charge is 2.30. The molecule has 2 atom stereocenters. The number of nitrogens with two attached hydrogens (primary N) is 1. The summed E-state index contributed by atoms with van der Waals surface area (Å²) in [4.78, 5) is 12.8. The minimum absolute atomic E-state index is 0.112. The number of hydrogen-bond acceptors (Lipinski definition) is 4. The Kier molecular flexibility index (Phi) is 4.68. The summed E-state index contributed by atoms with van der Waals surface area (Å²) in [5.74, 6) is 0.645. The summed E-state index contributed by atoms with van der Waals surface area (Å²) in [6, 6.07) is 7.40. The lowest BCUT2D eigenvalue weighted by Crippen LogP contribution is -2.40. The maximum atomic E-state index is 12.8. The lowest BCUT2D eigenvalue weighted by atomic mass is 10.0. The van der Waals surface area contributed by atoms with Crippen molar-refractivity contribution < 1.29 is 9.32 Å². The Bertz CT molecular complexity index is 714. The average Bonchev–Trinajstić information content (AvgIpc) is 3.14. The zero-order valence-corrected chi connectivity index (χ0v) is 13.8. The van der Waals surface area contributed by atoms with Gasteiger partial charge in [0.05, 0.1) is 5.02 Å². The van der Waals surface area contributed by atoms with Crippen LogP contribution in [0, 0.1) is 12.8 Å². The van der Waals surface area contributed by atoms with Gasteiger partial charge in [0.2, 0.25) is 0 Å². The largest absolute Gasteiger partial charge is 0.360 e. The van der Waals surface area contributed by atoms with Crippen molar-refractivity contribution in [1.82, 2.24) is 10.5 Å². The zero-order valence-electron chi connectivity index (χ0n) is 13.0. The highest BCUT2D eigenvalue weighted by atomic mass is 35.5. The first-order valence-corrected chi connectivity index (χ1v) is 8.21. The molecule has 5 nitrogen and oxygen atoms in total. The third kappa shape index (κ3) is 3.12. The van der Waals surface area contributed by atoms with Crippen LogP contribution in [0.4, 0.5) is 0 Å². The normalized spacial score (nSPS) is 20.7. The van der Waals surface area contributed by atoms with Crippen molar-refractivity contribution in [3.63, 3.8) is 0 Å². The monoisotopic (exact) mass is 333 g/mol. The first-order valence-electron chi connectivity index (χ1n) is 7.84. The molecule has 1 aromatic heterocycles. The van der Waals surface area contributed by atoms with E-state index >= 15 is 0 Å². The molecule has 3 N–H and O–H groups in total. The summed E-state index contributed by atoms with van der Waals surface area (Å²) >= 11 is 6.23. The highest BCUT2D eigenvalue weighted by Crippen LogP contribution is 2.32. The van der Waals surface area contributed by atoms with E-state index in [-0.39, 0.29) is 11.9 Å². The number of carbonyl (C=O) groups excluding carboxylic acids is 1. The molecule has 1 aliphatic carbocycles. The Morgan fingerprint density at radius 1 is 1.43 bits per heavy atom. The molecule has 23 heavy (non-hydrogen) atoms. The van der Waals surface area contributed by atoms with Crippen LogP contribution in [0.3, 0.4) is 0 Å². The molecule has 122 valence electrons. The number of hydrogen-bond donors (Lipinski definition) is 2. The van der Waals surface area contributed by atoms with Gasteiger partial charge in [-0.3, -0.25) is 4.79 Å². The van der Waals surface area contributed by atoms with Gasteiger partial charge in [0.25, 0.3) is 5.91 Å². The molecule has 3 rings (SSSR count). The van der Waals surface area contributed by atoms with Crippen molar-refractivity contribution in [2.45, 2.75) is 32.2 Å². The van der Waals surface area contributed by atoms with Gasteiger partial charge in [0, 0.05) is 11.6 Å². The summed E-state index contributed by atoms with van der Waals surface area (Å²) in [5.41, 5.74) is 7.41. The second kappa shape index (κ2) is 6.72. The Labute approximate surface area is 140 Å². The molecule has 6 heteroatoms. The van der Waals surface area contributed by atoms with Crippen LogP contribution in [0.25, 0.3) is 11.3 Å². The average molecular weight is 334 g/mol. The Morgan fingerprint density at radius 2 is 2.22 bits per heavy atom. The topological polar surface area (TPSA) is 81.2 Å². The lowest BCUT2D eigenvalue weighted by Gasteiger charge is -2.19. The Hall–Kier alpha value is -1.85. The molecule has 1 saturated carbocycles. The van der Waals surface area contributed by atoms with Crippen LogP contribution in [0.15, 0.2) is 28.8 Å². The number of carbonyl (C=O) groups is 1. The Morgan fingerprint density at radius 3 is 2.96 bits per heavy atom. The highest BCUT2D eigenvalue weighted by molar-refractivity contribution is 6.33. The third-order valence-corrected chi connectivity index (χ3v) is 4.83. The molecule has 1 fully saturated rings. The number of aryl methyl sites for hydroxylation is 1. The fraction of sp³-hybridized carbons (Fsp3) is 0.412. The van der Waals surface area contributed by atoms with Crippen molar-refractivity contribution in [1.29, 1.82) is 0 Å². The fourth-order valence-electron chi connectivity index (χ4n) is 3.23. The van der Waals surface area contributed by atoms with Gasteiger partial charge < -0.3 is 15.6 Å².